The van der Waals surface area contributed by atoms with E-state index in [0.29, 0.717) is 24.2 Å². The van der Waals surface area contributed by atoms with Crippen molar-refractivity contribution in [3.8, 4) is 5.75 Å². The zero-order chi connectivity index (χ0) is 17.3. The van der Waals surface area contributed by atoms with Crippen molar-refractivity contribution >= 4 is 5.91 Å². The van der Waals surface area contributed by atoms with E-state index in [9.17, 15) is 19.1 Å². The van der Waals surface area contributed by atoms with Gasteiger partial charge in [0.2, 0.25) is 5.75 Å². The second-order valence-electron chi connectivity index (χ2n) is 5.75. The van der Waals surface area contributed by atoms with Gasteiger partial charge in [0.15, 0.2) is 5.69 Å². The minimum atomic E-state index is -0.690. The van der Waals surface area contributed by atoms with Crippen molar-refractivity contribution in [2.45, 2.75) is 32.0 Å². The topological polar surface area (TPSA) is 110 Å². The summed E-state index contributed by atoms with van der Waals surface area (Å²) in [5, 5.41) is 12.6. The van der Waals surface area contributed by atoms with Crippen LogP contribution in [0.5, 0.6) is 5.75 Å². The van der Waals surface area contributed by atoms with E-state index in [1.54, 1.807) is 0 Å². The van der Waals surface area contributed by atoms with Crippen LogP contribution in [-0.4, -0.2) is 26.6 Å². The summed E-state index contributed by atoms with van der Waals surface area (Å²) in [5.74, 6) is -1.28. The summed E-state index contributed by atoms with van der Waals surface area (Å²) in [6.07, 6.45) is 1.13. The number of nitrogens with zero attached hydrogens (tertiary/aromatic N) is 2. The molecule has 4 N–H and O–H groups in total. The number of fused-ring (bicyclic) bond motifs is 1. The van der Waals surface area contributed by atoms with Crippen molar-refractivity contribution < 1.29 is 14.3 Å². The third-order valence-electron chi connectivity index (χ3n) is 3.96. The van der Waals surface area contributed by atoms with Crippen LogP contribution in [0, 0.1) is 5.82 Å². The number of amides is 1. The predicted octanol–water partition coefficient (Wildman–Crippen LogP) is 0.291. The second-order valence-corrected chi connectivity index (χ2v) is 5.75. The van der Waals surface area contributed by atoms with Crippen molar-refractivity contribution in [3.05, 3.63) is 57.5 Å². The molecule has 1 atom stereocenters. The van der Waals surface area contributed by atoms with Gasteiger partial charge in [0.1, 0.15) is 11.6 Å². The van der Waals surface area contributed by atoms with E-state index in [1.165, 1.54) is 28.8 Å². The summed E-state index contributed by atoms with van der Waals surface area (Å²) in [6, 6.07) is 5.46. The fourth-order valence-electron chi connectivity index (χ4n) is 2.63. The summed E-state index contributed by atoms with van der Waals surface area (Å²) in [5.41, 5.74) is 5.53. The van der Waals surface area contributed by atoms with Crippen LogP contribution < -0.4 is 16.6 Å². The van der Waals surface area contributed by atoms with Crippen molar-refractivity contribution in [1.82, 2.24) is 14.9 Å². The molecule has 1 unspecified atom stereocenters. The molecule has 0 spiro atoms. The van der Waals surface area contributed by atoms with Gasteiger partial charge in [0.05, 0.1) is 0 Å². The monoisotopic (exact) mass is 332 g/mol. The normalized spacial score (nSPS) is 16.5. The number of hydrogen-bond acceptors (Lipinski definition) is 5. The van der Waals surface area contributed by atoms with Gasteiger partial charge in [-0.3, -0.25) is 14.2 Å². The van der Waals surface area contributed by atoms with Gasteiger partial charge in [-0.05, 0) is 24.1 Å². The predicted molar refractivity (Wildman–Crippen MR) is 84.0 cm³/mol. The van der Waals surface area contributed by atoms with Gasteiger partial charge in [-0.25, -0.2) is 9.37 Å². The molecule has 0 saturated heterocycles. The lowest BCUT2D eigenvalue weighted by Crippen LogP contribution is -2.40. The molecule has 3 rings (SSSR count). The third-order valence-corrected chi connectivity index (χ3v) is 3.96. The molecule has 24 heavy (non-hydrogen) atoms. The Kier molecular flexibility index (Phi) is 4.30. The lowest BCUT2D eigenvalue weighted by Gasteiger charge is -2.23. The van der Waals surface area contributed by atoms with Crippen LogP contribution in [0.3, 0.4) is 0 Å². The maximum absolute atomic E-state index is 12.9. The number of aryl methyl sites for hydroxylation is 1. The summed E-state index contributed by atoms with van der Waals surface area (Å²) in [6.45, 7) is 0.399. The lowest BCUT2D eigenvalue weighted by atomic mass is 10.1. The van der Waals surface area contributed by atoms with Gasteiger partial charge >= 0.3 is 0 Å². The number of aromatic hydroxyl groups is 1. The van der Waals surface area contributed by atoms with Gasteiger partial charge in [0, 0.05) is 25.6 Å². The molecule has 0 saturated carbocycles. The number of aromatic nitrogens is 2. The molecule has 8 heteroatoms. The number of nitrogens with two attached hydrogens (primary N) is 1. The van der Waals surface area contributed by atoms with Gasteiger partial charge in [-0.15, -0.1) is 0 Å². The highest BCUT2D eigenvalue weighted by molar-refractivity contribution is 5.94. The summed E-state index contributed by atoms with van der Waals surface area (Å²) < 4.78 is 14.2. The first-order chi connectivity index (χ1) is 11.5. The summed E-state index contributed by atoms with van der Waals surface area (Å²) in [4.78, 5) is 28.5. The molecule has 1 aromatic carbocycles. The fraction of sp³-hybridized carbons (Fsp3) is 0.312. The molecule has 1 amide bonds. The molecule has 1 aliphatic rings. The molecule has 7 nitrogen and oxygen atoms in total. The van der Waals surface area contributed by atoms with Crippen molar-refractivity contribution in [2.24, 2.45) is 5.73 Å². The third kappa shape index (κ3) is 3.13. The summed E-state index contributed by atoms with van der Waals surface area (Å²) in [7, 11) is 0. The fourth-order valence-corrected chi connectivity index (χ4v) is 2.63. The second kappa shape index (κ2) is 6.40. The number of carbonyl (C=O) groups excluding carboxylic acids is 1. The Morgan fingerprint density at radius 2 is 2.12 bits per heavy atom. The Hall–Kier alpha value is -2.74. The quantitative estimate of drug-likeness (QED) is 0.748. The van der Waals surface area contributed by atoms with Crippen molar-refractivity contribution in [1.29, 1.82) is 0 Å². The number of hydrogen-bond donors (Lipinski definition) is 3. The van der Waals surface area contributed by atoms with Crippen LogP contribution in [0.4, 0.5) is 4.39 Å². The number of carbonyl (C=O) groups is 1. The van der Waals surface area contributed by atoms with Crippen molar-refractivity contribution in [2.75, 3.05) is 0 Å². The van der Waals surface area contributed by atoms with E-state index in [1.807, 2.05) is 0 Å². The Bertz CT molecular complexity index is 832. The zero-order valence-corrected chi connectivity index (χ0v) is 12.8. The molecule has 0 bridgehead atoms. The van der Waals surface area contributed by atoms with Crippen LogP contribution in [0.2, 0.25) is 0 Å². The highest BCUT2D eigenvalue weighted by atomic mass is 19.1. The van der Waals surface area contributed by atoms with Gasteiger partial charge in [0.25, 0.3) is 11.5 Å². The van der Waals surface area contributed by atoms with Gasteiger partial charge in [-0.1, -0.05) is 12.1 Å². The van der Waals surface area contributed by atoms with E-state index in [0.717, 1.165) is 0 Å². The van der Waals surface area contributed by atoms with Crippen LogP contribution in [0.25, 0.3) is 0 Å². The molecule has 0 fully saturated rings. The lowest BCUT2D eigenvalue weighted by molar-refractivity contribution is 0.0941. The maximum atomic E-state index is 12.9. The summed E-state index contributed by atoms with van der Waals surface area (Å²) >= 11 is 0. The molecule has 0 radical (unpaired) electrons. The molecule has 1 aliphatic heterocycles. The molecular formula is C16H17FN4O3. The van der Waals surface area contributed by atoms with E-state index < -0.39 is 17.2 Å². The first-order valence-corrected chi connectivity index (χ1v) is 7.56. The number of rotatable bonds is 3. The average Bonchev–Trinajstić information content (AvgIpc) is 2.58. The number of halogens is 1. The largest absolute Gasteiger partial charge is 0.501 e. The first-order valence-electron chi connectivity index (χ1n) is 7.56. The van der Waals surface area contributed by atoms with Gasteiger partial charge < -0.3 is 16.2 Å². The minimum Gasteiger partial charge on any atom is -0.501 e. The molecule has 2 aromatic rings. The molecule has 126 valence electrons. The van der Waals surface area contributed by atoms with Crippen LogP contribution in [0.1, 0.15) is 28.3 Å². The average molecular weight is 332 g/mol. The molecular weight excluding hydrogens is 315 g/mol. The SMILES string of the molecule is NC1CCc2nc(C(=O)NCc3ccc(F)cc3)c(O)c(=O)n2C1. The molecule has 0 aliphatic carbocycles. The smallest absolute Gasteiger partial charge is 0.296 e. The number of benzene rings is 1. The van der Waals surface area contributed by atoms with E-state index in [2.05, 4.69) is 10.3 Å². The Morgan fingerprint density at radius 3 is 2.83 bits per heavy atom. The Balaban J connectivity index is 1.81. The van der Waals surface area contributed by atoms with Crippen LogP contribution >= 0.6 is 0 Å². The van der Waals surface area contributed by atoms with E-state index in [4.69, 9.17) is 5.73 Å². The van der Waals surface area contributed by atoms with Gasteiger partial charge in [-0.2, -0.15) is 0 Å². The van der Waals surface area contributed by atoms with E-state index in [-0.39, 0.29) is 30.6 Å². The highest BCUT2D eigenvalue weighted by Crippen LogP contribution is 2.15. The molecule has 1 aromatic heterocycles. The van der Waals surface area contributed by atoms with Crippen molar-refractivity contribution in [3.63, 3.8) is 0 Å². The number of nitrogens with one attached hydrogen (secondary N) is 1. The molecule has 2 heterocycles. The van der Waals surface area contributed by atoms with Crippen LogP contribution in [0.15, 0.2) is 29.1 Å². The Morgan fingerprint density at radius 1 is 1.42 bits per heavy atom. The highest BCUT2D eigenvalue weighted by Gasteiger charge is 2.24. The first kappa shape index (κ1) is 16.1. The van der Waals surface area contributed by atoms with Crippen LogP contribution in [-0.2, 0) is 19.5 Å². The minimum absolute atomic E-state index is 0.128. The van der Waals surface area contributed by atoms with E-state index >= 15 is 0 Å². The standard InChI is InChI=1S/C16H17FN4O3/c17-10-3-1-9(2-4-10)7-19-15(23)13-14(22)16(24)21-8-11(18)5-6-12(21)20-13/h1-4,11,22H,5-8,18H2,(H,19,23). The Labute approximate surface area is 136 Å². The maximum Gasteiger partial charge on any atom is 0.296 e. The zero-order valence-electron chi connectivity index (χ0n) is 12.8.